The highest BCUT2D eigenvalue weighted by atomic mass is 35.5. The van der Waals surface area contributed by atoms with E-state index in [4.69, 9.17) is 17.3 Å². The van der Waals surface area contributed by atoms with Crippen LogP contribution in [0.4, 0.5) is 0 Å². The van der Waals surface area contributed by atoms with Crippen molar-refractivity contribution in [2.75, 3.05) is 6.54 Å². The summed E-state index contributed by atoms with van der Waals surface area (Å²) in [6.45, 7) is 2.31. The van der Waals surface area contributed by atoms with Crippen molar-refractivity contribution in [1.29, 1.82) is 0 Å². The van der Waals surface area contributed by atoms with Gasteiger partial charge in [-0.05, 0) is 19.1 Å². The SMILES string of the molecule is CC(NC(=O)CCN)c1ccc(Cl)s1. The maximum absolute atomic E-state index is 11.2. The van der Waals surface area contributed by atoms with E-state index in [9.17, 15) is 4.79 Å². The number of carbonyl (C=O) groups excluding carboxylic acids is 1. The van der Waals surface area contributed by atoms with E-state index in [1.807, 2.05) is 19.1 Å². The van der Waals surface area contributed by atoms with Crippen LogP contribution in [0.25, 0.3) is 0 Å². The maximum Gasteiger partial charge on any atom is 0.221 e. The fourth-order valence-corrected chi connectivity index (χ4v) is 2.14. The summed E-state index contributed by atoms with van der Waals surface area (Å²) in [7, 11) is 0. The van der Waals surface area contributed by atoms with Crippen LogP contribution in [0.1, 0.15) is 24.3 Å². The lowest BCUT2D eigenvalue weighted by Crippen LogP contribution is -2.27. The van der Waals surface area contributed by atoms with Gasteiger partial charge in [0.05, 0.1) is 10.4 Å². The summed E-state index contributed by atoms with van der Waals surface area (Å²) < 4.78 is 0.736. The van der Waals surface area contributed by atoms with Gasteiger partial charge in [-0.3, -0.25) is 4.79 Å². The lowest BCUT2D eigenvalue weighted by Gasteiger charge is -2.11. The first-order chi connectivity index (χ1) is 6.63. The average Bonchev–Trinajstić information content (AvgIpc) is 2.52. The Hall–Kier alpha value is -0.580. The number of hydrogen-bond acceptors (Lipinski definition) is 3. The van der Waals surface area contributed by atoms with Crippen LogP contribution in [0.3, 0.4) is 0 Å². The van der Waals surface area contributed by atoms with Crippen molar-refractivity contribution in [2.45, 2.75) is 19.4 Å². The molecule has 3 N–H and O–H groups in total. The smallest absolute Gasteiger partial charge is 0.221 e. The summed E-state index contributed by atoms with van der Waals surface area (Å²) in [6.07, 6.45) is 0.365. The molecule has 1 aromatic rings. The van der Waals surface area contributed by atoms with Crippen molar-refractivity contribution in [3.05, 3.63) is 21.3 Å². The molecule has 0 aromatic carbocycles. The normalized spacial score (nSPS) is 12.5. The van der Waals surface area contributed by atoms with E-state index in [1.165, 1.54) is 11.3 Å². The van der Waals surface area contributed by atoms with Crippen molar-refractivity contribution < 1.29 is 4.79 Å². The standard InChI is InChI=1S/C9H13ClN2OS/c1-6(12-9(13)4-5-11)7-2-3-8(10)14-7/h2-3,6H,4-5,11H2,1H3,(H,12,13). The van der Waals surface area contributed by atoms with Gasteiger partial charge in [0, 0.05) is 17.8 Å². The van der Waals surface area contributed by atoms with Crippen molar-refractivity contribution in [3.63, 3.8) is 0 Å². The Balaban J connectivity index is 2.50. The molecule has 0 radical (unpaired) electrons. The number of nitrogens with two attached hydrogens (primary N) is 1. The lowest BCUT2D eigenvalue weighted by molar-refractivity contribution is -0.121. The average molecular weight is 233 g/mol. The van der Waals surface area contributed by atoms with Crippen molar-refractivity contribution in [3.8, 4) is 0 Å². The molecule has 0 spiro atoms. The second kappa shape index (κ2) is 5.34. The highest BCUT2D eigenvalue weighted by Crippen LogP contribution is 2.26. The zero-order valence-electron chi connectivity index (χ0n) is 7.92. The van der Waals surface area contributed by atoms with Gasteiger partial charge in [-0.15, -0.1) is 11.3 Å². The summed E-state index contributed by atoms with van der Waals surface area (Å²) in [5.74, 6) is -0.0236. The minimum atomic E-state index is -0.0236. The first kappa shape index (κ1) is 11.5. The van der Waals surface area contributed by atoms with Gasteiger partial charge in [-0.25, -0.2) is 0 Å². The maximum atomic E-state index is 11.2. The van der Waals surface area contributed by atoms with E-state index in [1.54, 1.807) is 0 Å². The predicted molar refractivity (Wildman–Crippen MR) is 59.6 cm³/mol. The molecule has 0 aliphatic heterocycles. The lowest BCUT2D eigenvalue weighted by atomic mass is 10.2. The second-order valence-corrected chi connectivity index (χ2v) is 4.72. The molecule has 0 aliphatic rings. The molecule has 1 unspecified atom stereocenters. The summed E-state index contributed by atoms with van der Waals surface area (Å²) in [5, 5.41) is 2.84. The van der Waals surface area contributed by atoms with Gasteiger partial charge < -0.3 is 11.1 Å². The first-order valence-corrected chi connectivity index (χ1v) is 5.57. The largest absolute Gasteiger partial charge is 0.349 e. The van der Waals surface area contributed by atoms with E-state index in [2.05, 4.69) is 5.32 Å². The Morgan fingerprint density at radius 2 is 2.43 bits per heavy atom. The van der Waals surface area contributed by atoms with Gasteiger partial charge in [0.2, 0.25) is 5.91 Å². The Labute approximate surface area is 92.3 Å². The minimum absolute atomic E-state index is 0.00606. The third-order valence-corrected chi connectivity index (χ3v) is 3.18. The third kappa shape index (κ3) is 3.29. The van der Waals surface area contributed by atoms with Crippen LogP contribution in [-0.4, -0.2) is 12.5 Å². The zero-order chi connectivity index (χ0) is 10.6. The number of halogens is 1. The molecule has 1 atom stereocenters. The monoisotopic (exact) mass is 232 g/mol. The number of carbonyl (C=O) groups is 1. The highest BCUT2D eigenvalue weighted by Gasteiger charge is 2.10. The first-order valence-electron chi connectivity index (χ1n) is 4.38. The molecule has 5 heteroatoms. The van der Waals surface area contributed by atoms with Gasteiger partial charge in [0.25, 0.3) is 0 Å². The molecule has 78 valence electrons. The molecular weight excluding hydrogens is 220 g/mol. The molecule has 14 heavy (non-hydrogen) atoms. The van der Waals surface area contributed by atoms with Crippen LogP contribution in [0, 0.1) is 0 Å². The number of hydrogen-bond donors (Lipinski definition) is 2. The van der Waals surface area contributed by atoms with E-state index in [-0.39, 0.29) is 11.9 Å². The van der Waals surface area contributed by atoms with Gasteiger partial charge in [-0.2, -0.15) is 0 Å². The Kier molecular flexibility index (Phi) is 4.38. The predicted octanol–water partition coefficient (Wildman–Crippen LogP) is 1.93. The Morgan fingerprint density at radius 3 is 2.93 bits per heavy atom. The minimum Gasteiger partial charge on any atom is -0.349 e. The molecule has 0 aliphatic carbocycles. The van der Waals surface area contributed by atoms with Crippen LogP contribution >= 0.6 is 22.9 Å². The molecule has 3 nitrogen and oxygen atoms in total. The van der Waals surface area contributed by atoms with Crippen LogP contribution < -0.4 is 11.1 Å². The number of rotatable bonds is 4. The Bertz CT molecular complexity index is 314. The molecular formula is C9H13ClN2OS. The summed E-state index contributed by atoms with van der Waals surface area (Å²) in [5.41, 5.74) is 5.27. The summed E-state index contributed by atoms with van der Waals surface area (Å²) in [6, 6.07) is 3.75. The third-order valence-electron chi connectivity index (χ3n) is 1.77. The topological polar surface area (TPSA) is 55.1 Å². The molecule has 0 saturated heterocycles. The molecule has 0 fully saturated rings. The molecule has 1 aromatic heterocycles. The van der Waals surface area contributed by atoms with Gasteiger partial charge in [0.1, 0.15) is 0 Å². The fraction of sp³-hybridized carbons (Fsp3) is 0.444. The van der Waals surface area contributed by atoms with E-state index in [0.29, 0.717) is 13.0 Å². The van der Waals surface area contributed by atoms with E-state index in [0.717, 1.165) is 9.21 Å². The van der Waals surface area contributed by atoms with Crippen LogP contribution in [0.15, 0.2) is 12.1 Å². The van der Waals surface area contributed by atoms with Gasteiger partial charge in [0.15, 0.2) is 0 Å². The molecule has 1 rings (SSSR count). The van der Waals surface area contributed by atoms with Crippen LogP contribution in [-0.2, 0) is 4.79 Å². The summed E-state index contributed by atoms with van der Waals surface area (Å²) >= 11 is 7.26. The quantitative estimate of drug-likeness (QED) is 0.834. The van der Waals surface area contributed by atoms with Crippen molar-refractivity contribution in [1.82, 2.24) is 5.32 Å². The van der Waals surface area contributed by atoms with Crippen LogP contribution in [0.2, 0.25) is 4.34 Å². The number of thiophene rings is 1. The van der Waals surface area contributed by atoms with Gasteiger partial charge in [-0.1, -0.05) is 11.6 Å². The highest BCUT2D eigenvalue weighted by molar-refractivity contribution is 7.16. The van der Waals surface area contributed by atoms with Crippen LogP contribution in [0.5, 0.6) is 0 Å². The Morgan fingerprint density at radius 1 is 1.71 bits per heavy atom. The van der Waals surface area contributed by atoms with E-state index < -0.39 is 0 Å². The van der Waals surface area contributed by atoms with Crippen molar-refractivity contribution in [2.24, 2.45) is 5.73 Å². The fourth-order valence-electron chi connectivity index (χ4n) is 1.08. The molecule has 0 saturated carbocycles. The number of nitrogens with one attached hydrogen (secondary N) is 1. The molecule has 0 bridgehead atoms. The molecule has 1 heterocycles. The molecule has 1 amide bonds. The number of amides is 1. The van der Waals surface area contributed by atoms with Crippen molar-refractivity contribution >= 4 is 28.8 Å². The van der Waals surface area contributed by atoms with Gasteiger partial charge >= 0.3 is 0 Å². The summed E-state index contributed by atoms with van der Waals surface area (Å²) in [4.78, 5) is 12.3. The zero-order valence-corrected chi connectivity index (χ0v) is 9.49. The van der Waals surface area contributed by atoms with E-state index >= 15 is 0 Å². The second-order valence-electron chi connectivity index (χ2n) is 2.97.